The van der Waals surface area contributed by atoms with Crippen LogP contribution in [0.3, 0.4) is 0 Å². The topological polar surface area (TPSA) is 41.6 Å². The van der Waals surface area contributed by atoms with E-state index in [1.54, 1.807) is 0 Å². The number of fused-ring (bicyclic) bond motifs is 1. The lowest BCUT2D eigenvalue weighted by Gasteiger charge is -2.31. The van der Waals surface area contributed by atoms with E-state index >= 15 is 0 Å². The van der Waals surface area contributed by atoms with Crippen LogP contribution in [-0.2, 0) is 6.42 Å². The predicted molar refractivity (Wildman–Crippen MR) is 106 cm³/mol. The molecule has 0 fully saturated rings. The van der Waals surface area contributed by atoms with Gasteiger partial charge in [-0.3, -0.25) is 4.79 Å². The number of aryl methyl sites for hydroxylation is 1. The summed E-state index contributed by atoms with van der Waals surface area (Å²) in [7, 11) is 0. The van der Waals surface area contributed by atoms with E-state index in [4.69, 9.17) is 4.74 Å². The minimum absolute atomic E-state index is 0.0446. The van der Waals surface area contributed by atoms with Crippen molar-refractivity contribution >= 4 is 11.6 Å². The molecule has 1 aliphatic rings. The van der Waals surface area contributed by atoms with Gasteiger partial charge in [-0.25, -0.2) is 0 Å². The Labute approximate surface area is 156 Å². The normalized spacial score (nSPS) is 13.4. The van der Waals surface area contributed by atoms with E-state index in [0.29, 0.717) is 17.9 Å². The molecule has 0 aliphatic carbocycles. The molecule has 3 rings (SSSR count). The molecule has 1 aliphatic heterocycles. The lowest BCUT2D eigenvalue weighted by Crippen LogP contribution is -2.33. The summed E-state index contributed by atoms with van der Waals surface area (Å²) in [5.74, 6) is 0.574. The molecule has 4 heteroatoms. The van der Waals surface area contributed by atoms with Crippen LogP contribution in [0.25, 0.3) is 0 Å². The fraction of sp³-hybridized carbons (Fsp3) is 0.409. The molecule has 138 valence electrons. The van der Waals surface area contributed by atoms with Gasteiger partial charge in [-0.2, -0.15) is 0 Å². The number of para-hydroxylation sites is 2. The molecule has 0 radical (unpaired) electrons. The van der Waals surface area contributed by atoms with E-state index in [0.717, 1.165) is 25.9 Å². The van der Waals surface area contributed by atoms with Gasteiger partial charge >= 0.3 is 0 Å². The zero-order chi connectivity index (χ0) is 18.4. The van der Waals surface area contributed by atoms with Crippen LogP contribution in [0.2, 0.25) is 0 Å². The number of rotatable bonds is 7. The highest BCUT2D eigenvalue weighted by atomic mass is 16.5. The highest BCUT2D eigenvalue weighted by Crippen LogP contribution is 2.26. The smallest absolute Gasteiger partial charge is 0.255 e. The van der Waals surface area contributed by atoms with E-state index in [1.165, 1.54) is 17.7 Å². The maximum Gasteiger partial charge on any atom is 0.255 e. The van der Waals surface area contributed by atoms with Crippen molar-refractivity contribution in [3.05, 3.63) is 59.7 Å². The maximum atomic E-state index is 12.5. The largest absolute Gasteiger partial charge is 0.490 e. The summed E-state index contributed by atoms with van der Waals surface area (Å²) < 4.78 is 5.74. The lowest BCUT2D eigenvalue weighted by atomic mass is 10.0. The molecule has 0 atom stereocenters. The molecule has 2 aromatic carbocycles. The Morgan fingerprint density at radius 2 is 1.92 bits per heavy atom. The summed E-state index contributed by atoms with van der Waals surface area (Å²) >= 11 is 0. The van der Waals surface area contributed by atoms with Crippen molar-refractivity contribution in [1.29, 1.82) is 0 Å². The third kappa shape index (κ3) is 4.57. The van der Waals surface area contributed by atoms with Gasteiger partial charge in [-0.1, -0.05) is 30.3 Å². The fourth-order valence-electron chi connectivity index (χ4n) is 3.42. The van der Waals surface area contributed by atoms with Gasteiger partial charge in [0.15, 0.2) is 0 Å². The Morgan fingerprint density at radius 1 is 1.15 bits per heavy atom. The highest BCUT2D eigenvalue weighted by Gasteiger charge is 2.16. The molecule has 1 amide bonds. The summed E-state index contributed by atoms with van der Waals surface area (Å²) in [4.78, 5) is 14.9. The average molecular weight is 352 g/mol. The van der Waals surface area contributed by atoms with Gasteiger partial charge in [0.25, 0.3) is 5.91 Å². The van der Waals surface area contributed by atoms with Crippen molar-refractivity contribution in [3.8, 4) is 5.75 Å². The van der Waals surface area contributed by atoms with Gasteiger partial charge in [0.05, 0.1) is 11.7 Å². The Hall–Kier alpha value is -2.49. The molecule has 0 aromatic heterocycles. The first-order chi connectivity index (χ1) is 12.6. The van der Waals surface area contributed by atoms with Crippen molar-refractivity contribution in [1.82, 2.24) is 5.32 Å². The Kier molecular flexibility index (Phi) is 6.16. The molecule has 4 nitrogen and oxygen atoms in total. The van der Waals surface area contributed by atoms with Gasteiger partial charge < -0.3 is 15.0 Å². The van der Waals surface area contributed by atoms with E-state index in [9.17, 15) is 4.79 Å². The fourth-order valence-corrected chi connectivity index (χ4v) is 3.42. The third-order valence-corrected chi connectivity index (χ3v) is 4.59. The number of amides is 1. The monoisotopic (exact) mass is 352 g/mol. The third-order valence-electron chi connectivity index (χ3n) is 4.59. The van der Waals surface area contributed by atoms with Crippen LogP contribution in [0.4, 0.5) is 5.69 Å². The summed E-state index contributed by atoms with van der Waals surface area (Å²) in [6, 6.07) is 16.0. The first kappa shape index (κ1) is 18.3. The van der Waals surface area contributed by atoms with Crippen LogP contribution in [0, 0.1) is 0 Å². The molecule has 0 unspecified atom stereocenters. The first-order valence-corrected chi connectivity index (χ1v) is 9.52. The molecule has 0 spiro atoms. The van der Waals surface area contributed by atoms with Crippen LogP contribution >= 0.6 is 0 Å². The molecule has 0 saturated heterocycles. The molecule has 26 heavy (non-hydrogen) atoms. The molecular weight excluding hydrogens is 324 g/mol. The van der Waals surface area contributed by atoms with Crippen molar-refractivity contribution < 1.29 is 9.53 Å². The Morgan fingerprint density at radius 3 is 2.77 bits per heavy atom. The van der Waals surface area contributed by atoms with Crippen LogP contribution < -0.4 is 15.0 Å². The number of hydrogen-bond acceptors (Lipinski definition) is 3. The molecular formula is C22H28N2O2. The van der Waals surface area contributed by atoms with Gasteiger partial charge in [0.1, 0.15) is 5.75 Å². The second kappa shape index (κ2) is 8.75. The number of ether oxygens (including phenoxy) is 1. The number of carbonyl (C=O) groups excluding carboxylic acids is 1. The van der Waals surface area contributed by atoms with E-state index < -0.39 is 0 Å². The number of benzene rings is 2. The molecule has 0 bridgehead atoms. The Balaban J connectivity index is 1.51. The minimum Gasteiger partial charge on any atom is -0.490 e. The van der Waals surface area contributed by atoms with Gasteiger partial charge in [-0.05, 0) is 56.9 Å². The summed E-state index contributed by atoms with van der Waals surface area (Å²) in [5.41, 5.74) is 3.38. The van der Waals surface area contributed by atoms with E-state index in [-0.39, 0.29) is 12.0 Å². The predicted octanol–water partition coefficient (Wildman–Crippen LogP) is 4.05. The zero-order valence-corrected chi connectivity index (χ0v) is 15.7. The van der Waals surface area contributed by atoms with Crippen molar-refractivity contribution in [2.75, 3.05) is 24.5 Å². The average Bonchev–Trinajstić information content (AvgIpc) is 2.65. The van der Waals surface area contributed by atoms with Crippen molar-refractivity contribution in [2.24, 2.45) is 0 Å². The van der Waals surface area contributed by atoms with Crippen molar-refractivity contribution in [2.45, 2.75) is 39.2 Å². The second-order valence-electron chi connectivity index (χ2n) is 6.99. The number of nitrogens with zero attached hydrogens (tertiary/aromatic N) is 1. The second-order valence-corrected chi connectivity index (χ2v) is 6.99. The zero-order valence-electron chi connectivity index (χ0n) is 15.7. The standard InChI is InChI=1S/C22H28N2O2/c1-17(2)26-21-13-6-4-11-19(21)22(25)23-14-8-16-24-15-7-10-18-9-3-5-12-20(18)24/h3-6,9,11-13,17H,7-8,10,14-16H2,1-2H3,(H,23,25). The SMILES string of the molecule is CC(C)Oc1ccccc1C(=O)NCCCN1CCCc2ccccc21. The minimum atomic E-state index is -0.0692. The lowest BCUT2D eigenvalue weighted by molar-refractivity contribution is 0.0947. The van der Waals surface area contributed by atoms with E-state index in [2.05, 4.69) is 34.5 Å². The molecule has 1 heterocycles. The summed E-state index contributed by atoms with van der Waals surface area (Å²) in [6.07, 6.45) is 3.33. The number of anilines is 1. The van der Waals surface area contributed by atoms with Gasteiger partial charge in [0.2, 0.25) is 0 Å². The summed E-state index contributed by atoms with van der Waals surface area (Å²) in [6.45, 7) is 6.64. The summed E-state index contributed by atoms with van der Waals surface area (Å²) in [5, 5.41) is 3.03. The number of nitrogens with one attached hydrogen (secondary N) is 1. The first-order valence-electron chi connectivity index (χ1n) is 9.52. The number of hydrogen-bond donors (Lipinski definition) is 1. The van der Waals surface area contributed by atoms with E-state index in [1.807, 2.05) is 38.1 Å². The van der Waals surface area contributed by atoms with Crippen LogP contribution in [0.15, 0.2) is 48.5 Å². The van der Waals surface area contributed by atoms with Crippen molar-refractivity contribution in [3.63, 3.8) is 0 Å². The van der Waals surface area contributed by atoms with Gasteiger partial charge in [0, 0.05) is 25.3 Å². The maximum absolute atomic E-state index is 12.5. The van der Waals surface area contributed by atoms with Crippen LogP contribution in [0.1, 0.15) is 42.6 Å². The number of carbonyl (C=O) groups is 1. The Bertz CT molecular complexity index is 742. The quantitative estimate of drug-likeness (QED) is 0.765. The molecule has 2 aromatic rings. The molecule has 1 N–H and O–H groups in total. The van der Waals surface area contributed by atoms with Crippen LogP contribution in [-0.4, -0.2) is 31.6 Å². The van der Waals surface area contributed by atoms with Gasteiger partial charge in [-0.15, -0.1) is 0 Å². The van der Waals surface area contributed by atoms with Crippen LogP contribution in [0.5, 0.6) is 5.75 Å². The molecule has 0 saturated carbocycles. The highest BCUT2D eigenvalue weighted by molar-refractivity contribution is 5.96.